The van der Waals surface area contributed by atoms with E-state index in [1.54, 1.807) is 30.3 Å². The summed E-state index contributed by atoms with van der Waals surface area (Å²) in [6, 6.07) is 8.49. The number of benzene rings is 1. The maximum Gasteiger partial charge on any atom is 0.181 e. The van der Waals surface area contributed by atoms with Crippen molar-refractivity contribution >= 4 is 9.84 Å². The van der Waals surface area contributed by atoms with Gasteiger partial charge in [-0.25, -0.2) is 8.42 Å². The van der Waals surface area contributed by atoms with Crippen LogP contribution in [-0.4, -0.2) is 26.4 Å². The molecule has 3 nitrogen and oxygen atoms in total. The molecule has 0 spiro atoms. The molecule has 98 valence electrons. The van der Waals surface area contributed by atoms with Crippen LogP contribution < -0.4 is 0 Å². The monoisotopic (exact) mass is 266 g/mol. The van der Waals surface area contributed by atoms with Crippen molar-refractivity contribution in [3.63, 3.8) is 0 Å². The van der Waals surface area contributed by atoms with Crippen LogP contribution in [0.3, 0.4) is 0 Å². The minimum Gasteiger partial charge on any atom is -0.370 e. The maximum absolute atomic E-state index is 12.2. The third-order valence-electron chi connectivity index (χ3n) is 3.20. The van der Waals surface area contributed by atoms with Crippen molar-refractivity contribution in [3.05, 3.63) is 42.5 Å². The van der Waals surface area contributed by atoms with Gasteiger partial charge in [-0.1, -0.05) is 24.8 Å². The second-order valence-corrected chi connectivity index (χ2v) is 6.76. The van der Waals surface area contributed by atoms with E-state index in [2.05, 4.69) is 6.58 Å². The fourth-order valence-corrected chi connectivity index (χ4v) is 3.55. The van der Waals surface area contributed by atoms with Crippen LogP contribution in [0.5, 0.6) is 0 Å². The SMILES string of the molecule is C=C1CC[C@H](C)O[C@H]1CS(=O)(=O)c1ccccc1. The lowest BCUT2D eigenvalue weighted by Crippen LogP contribution is -2.33. The summed E-state index contributed by atoms with van der Waals surface area (Å²) in [6.45, 7) is 5.89. The van der Waals surface area contributed by atoms with Gasteiger partial charge in [0.25, 0.3) is 0 Å². The summed E-state index contributed by atoms with van der Waals surface area (Å²) < 4.78 is 30.1. The molecule has 0 radical (unpaired) electrons. The number of ether oxygens (including phenoxy) is 1. The molecule has 0 unspecified atom stereocenters. The minimum atomic E-state index is -3.30. The smallest absolute Gasteiger partial charge is 0.181 e. The zero-order valence-corrected chi connectivity index (χ0v) is 11.3. The van der Waals surface area contributed by atoms with Crippen LogP contribution >= 0.6 is 0 Å². The van der Waals surface area contributed by atoms with Crippen LogP contribution in [0, 0.1) is 0 Å². The number of sulfone groups is 1. The van der Waals surface area contributed by atoms with E-state index in [9.17, 15) is 8.42 Å². The summed E-state index contributed by atoms with van der Waals surface area (Å²) in [5, 5.41) is 0. The molecule has 0 aliphatic carbocycles. The second kappa shape index (κ2) is 5.24. The molecule has 0 aromatic heterocycles. The predicted octanol–water partition coefficient (Wildman–Crippen LogP) is 2.58. The predicted molar refractivity (Wildman–Crippen MR) is 71.2 cm³/mol. The van der Waals surface area contributed by atoms with Gasteiger partial charge in [-0.05, 0) is 37.5 Å². The summed E-state index contributed by atoms with van der Waals surface area (Å²) in [4.78, 5) is 0.347. The Bertz CT molecular complexity index is 519. The molecule has 1 aliphatic rings. The van der Waals surface area contributed by atoms with Gasteiger partial charge in [0.15, 0.2) is 9.84 Å². The van der Waals surface area contributed by atoms with Crippen molar-refractivity contribution in [1.29, 1.82) is 0 Å². The van der Waals surface area contributed by atoms with Crippen LogP contribution in [-0.2, 0) is 14.6 Å². The van der Waals surface area contributed by atoms with Gasteiger partial charge in [0.1, 0.15) is 0 Å². The van der Waals surface area contributed by atoms with Crippen LogP contribution in [0.25, 0.3) is 0 Å². The van der Waals surface area contributed by atoms with Crippen molar-refractivity contribution in [3.8, 4) is 0 Å². The van der Waals surface area contributed by atoms with Gasteiger partial charge in [0.05, 0.1) is 22.9 Å². The topological polar surface area (TPSA) is 43.4 Å². The van der Waals surface area contributed by atoms with E-state index in [-0.39, 0.29) is 18.0 Å². The third kappa shape index (κ3) is 3.00. The molecule has 1 heterocycles. The molecule has 0 amide bonds. The molecule has 4 heteroatoms. The highest BCUT2D eigenvalue weighted by molar-refractivity contribution is 7.91. The Hall–Kier alpha value is -1.13. The van der Waals surface area contributed by atoms with Gasteiger partial charge in [-0.2, -0.15) is 0 Å². The average Bonchev–Trinajstić information content (AvgIpc) is 2.35. The Morgan fingerprint density at radius 1 is 1.33 bits per heavy atom. The molecule has 0 saturated carbocycles. The Morgan fingerprint density at radius 2 is 2.00 bits per heavy atom. The first-order chi connectivity index (χ1) is 8.49. The summed E-state index contributed by atoms with van der Waals surface area (Å²) in [5.41, 5.74) is 0.882. The fourth-order valence-electron chi connectivity index (χ4n) is 2.07. The first-order valence-electron chi connectivity index (χ1n) is 6.10. The number of rotatable bonds is 3. The standard InChI is InChI=1S/C14H18O3S/c1-11-8-9-12(2)17-14(11)10-18(15,16)13-6-4-3-5-7-13/h3-7,12,14H,1,8-10H2,2H3/t12-,14-/m0/s1. The van der Waals surface area contributed by atoms with Crippen molar-refractivity contribution in [2.45, 2.75) is 36.9 Å². The van der Waals surface area contributed by atoms with E-state index < -0.39 is 9.84 Å². The first-order valence-corrected chi connectivity index (χ1v) is 7.75. The van der Waals surface area contributed by atoms with Crippen molar-refractivity contribution in [2.24, 2.45) is 0 Å². The molecule has 1 aromatic carbocycles. The van der Waals surface area contributed by atoms with Gasteiger partial charge in [0, 0.05) is 0 Å². The fraction of sp³-hybridized carbons (Fsp3) is 0.429. The summed E-state index contributed by atoms with van der Waals surface area (Å²) in [6.07, 6.45) is 1.49. The maximum atomic E-state index is 12.2. The second-order valence-electron chi connectivity index (χ2n) is 4.73. The van der Waals surface area contributed by atoms with E-state index in [0.29, 0.717) is 4.90 Å². The Balaban J connectivity index is 2.15. The molecule has 1 fully saturated rings. The third-order valence-corrected chi connectivity index (χ3v) is 4.93. The van der Waals surface area contributed by atoms with Crippen molar-refractivity contribution in [2.75, 3.05) is 5.75 Å². The van der Waals surface area contributed by atoms with Crippen LogP contribution in [0.1, 0.15) is 19.8 Å². The molecule has 2 rings (SSSR count). The molecule has 1 saturated heterocycles. The van der Waals surface area contributed by atoms with Gasteiger partial charge in [-0.3, -0.25) is 0 Å². The summed E-state index contributed by atoms with van der Waals surface area (Å²) in [5.74, 6) is -0.0137. The lowest BCUT2D eigenvalue weighted by Gasteiger charge is -2.29. The lowest BCUT2D eigenvalue weighted by molar-refractivity contribution is 0.00377. The zero-order chi connectivity index (χ0) is 13.2. The zero-order valence-electron chi connectivity index (χ0n) is 10.5. The van der Waals surface area contributed by atoms with Gasteiger partial charge in [0.2, 0.25) is 0 Å². The van der Waals surface area contributed by atoms with Crippen LogP contribution in [0.2, 0.25) is 0 Å². The first kappa shape index (κ1) is 13.3. The van der Waals surface area contributed by atoms with Gasteiger partial charge < -0.3 is 4.74 Å². The van der Waals surface area contributed by atoms with Crippen LogP contribution in [0.15, 0.2) is 47.4 Å². The Labute approximate surface area is 108 Å². The van der Waals surface area contributed by atoms with E-state index in [0.717, 1.165) is 18.4 Å². The molecule has 0 bridgehead atoms. The van der Waals surface area contributed by atoms with E-state index in [1.165, 1.54) is 0 Å². The Morgan fingerprint density at radius 3 is 2.67 bits per heavy atom. The molecule has 18 heavy (non-hydrogen) atoms. The highest BCUT2D eigenvalue weighted by atomic mass is 32.2. The highest BCUT2D eigenvalue weighted by Crippen LogP contribution is 2.25. The molecule has 0 N–H and O–H groups in total. The molecular formula is C14H18O3S. The number of hydrogen-bond acceptors (Lipinski definition) is 3. The molecular weight excluding hydrogens is 248 g/mol. The van der Waals surface area contributed by atoms with E-state index in [4.69, 9.17) is 4.74 Å². The number of hydrogen-bond donors (Lipinski definition) is 0. The summed E-state index contributed by atoms with van der Waals surface area (Å²) in [7, 11) is -3.30. The largest absolute Gasteiger partial charge is 0.370 e. The minimum absolute atomic E-state index is 0.0137. The van der Waals surface area contributed by atoms with E-state index >= 15 is 0 Å². The van der Waals surface area contributed by atoms with Crippen molar-refractivity contribution in [1.82, 2.24) is 0 Å². The van der Waals surface area contributed by atoms with Gasteiger partial charge >= 0.3 is 0 Å². The molecule has 1 aliphatic heterocycles. The van der Waals surface area contributed by atoms with E-state index in [1.807, 2.05) is 6.92 Å². The quantitative estimate of drug-likeness (QED) is 0.790. The average molecular weight is 266 g/mol. The molecule has 1 aromatic rings. The van der Waals surface area contributed by atoms with Gasteiger partial charge in [-0.15, -0.1) is 0 Å². The highest BCUT2D eigenvalue weighted by Gasteiger charge is 2.28. The van der Waals surface area contributed by atoms with Crippen molar-refractivity contribution < 1.29 is 13.2 Å². The molecule has 2 atom stereocenters. The summed E-state index contributed by atoms with van der Waals surface area (Å²) >= 11 is 0. The van der Waals surface area contributed by atoms with Crippen LogP contribution in [0.4, 0.5) is 0 Å². The normalized spacial score (nSPS) is 25.1. The lowest BCUT2D eigenvalue weighted by atomic mass is 10.0. The Kier molecular flexibility index (Phi) is 3.88.